The number of rotatable bonds is 7. The minimum absolute atomic E-state index is 0.0108. The molecule has 1 saturated heterocycles. The van der Waals surface area contributed by atoms with Crippen LogP contribution in [0.4, 0.5) is 30.4 Å². The third kappa shape index (κ3) is 7.07. The molecule has 0 radical (unpaired) electrons. The Labute approximate surface area is 242 Å². The lowest BCUT2D eigenvalue weighted by Gasteiger charge is -2.36. The minimum atomic E-state index is -4.82. The number of amides is 1. The first kappa shape index (κ1) is 29.1. The number of hydrogen-bond acceptors (Lipinski definition) is 7. The fourth-order valence-electron chi connectivity index (χ4n) is 5.35. The molecule has 218 valence electrons. The number of nitro benzene ring substituents is 1. The maximum atomic E-state index is 13.3. The van der Waals surface area contributed by atoms with Crippen LogP contribution in [0.3, 0.4) is 0 Å². The molecule has 2 heterocycles. The predicted octanol–water partition coefficient (Wildman–Crippen LogP) is 6.01. The summed E-state index contributed by atoms with van der Waals surface area (Å²) in [6, 6.07) is 12.9. The molecule has 0 bridgehead atoms. The highest BCUT2D eigenvalue weighted by molar-refractivity contribution is 9.10. The summed E-state index contributed by atoms with van der Waals surface area (Å²) in [5.41, 5.74) is -1.13. The first-order chi connectivity index (χ1) is 19.6. The average Bonchev–Trinajstić information content (AvgIpc) is 2.96. The quantitative estimate of drug-likeness (QED) is 0.250. The molecule has 5 rings (SSSR count). The van der Waals surface area contributed by atoms with Crippen LogP contribution in [-0.4, -0.2) is 65.6 Å². The van der Waals surface area contributed by atoms with Crippen molar-refractivity contribution >= 4 is 49.9 Å². The van der Waals surface area contributed by atoms with E-state index < -0.39 is 22.4 Å². The molecule has 1 aliphatic heterocycles. The Morgan fingerprint density at radius 3 is 2.46 bits per heavy atom. The summed E-state index contributed by atoms with van der Waals surface area (Å²) in [6.07, 6.45) is -2.33. The number of piperazine rings is 1. The number of ether oxygens (including phenoxy) is 1. The molecule has 0 unspecified atom stereocenters. The number of halogens is 4. The number of pyridine rings is 1. The van der Waals surface area contributed by atoms with Crippen molar-refractivity contribution in [3.63, 3.8) is 0 Å². The van der Waals surface area contributed by atoms with Crippen LogP contribution in [-0.2, 0) is 15.7 Å². The van der Waals surface area contributed by atoms with Crippen LogP contribution in [0.15, 0.2) is 53.0 Å². The van der Waals surface area contributed by atoms with Gasteiger partial charge in [-0.15, -0.1) is 0 Å². The molecule has 2 fully saturated rings. The van der Waals surface area contributed by atoms with Crippen LogP contribution in [0.2, 0.25) is 0 Å². The molecular formula is C28H29BrF3N5O4. The molecule has 1 aliphatic carbocycles. The van der Waals surface area contributed by atoms with Crippen molar-refractivity contribution in [3.05, 3.63) is 68.7 Å². The molecule has 1 amide bonds. The van der Waals surface area contributed by atoms with Gasteiger partial charge in [-0.05, 0) is 68.1 Å². The molecule has 41 heavy (non-hydrogen) atoms. The highest BCUT2D eigenvalue weighted by atomic mass is 79.9. The summed E-state index contributed by atoms with van der Waals surface area (Å²) in [5, 5.41) is 15.1. The first-order valence-electron chi connectivity index (χ1n) is 13.4. The van der Waals surface area contributed by atoms with Gasteiger partial charge in [-0.2, -0.15) is 13.2 Å². The van der Waals surface area contributed by atoms with Crippen molar-refractivity contribution in [2.24, 2.45) is 0 Å². The van der Waals surface area contributed by atoms with Gasteiger partial charge in [-0.25, -0.2) is 4.98 Å². The van der Waals surface area contributed by atoms with Crippen molar-refractivity contribution in [2.75, 3.05) is 43.0 Å². The summed E-state index contributed by atoms with van der Waals surface area (Å²) < 4.78 is 46.7. The number of hydrogen-bond donors (Lipinski definition) is 1. The van der Waals surface area contributed by atoms with Gasteiger partial charge in [0, 0.05) is 53.8 Å². The monoisotopic (exact) mass is 635 g/mol. The lowest BCUT2D eigenvalue weighted by atomic mass is 9.92. The Morgan fingerprint density at radius 2 is 1.78 bits per heavy atom. The van der Waals surface area contributed by atoms with E-state index in [0.717, 1.165) is 33.3 Å². The number of carbonyl (C=O) groups is 1. The SMILES string of the molecule is O=C(COC1CCC(Nc2ccc([N+](=O)[O-])c(C(F)(F)F)c2)CC1)N1CCN(c2ccc3cc(Br)ccc3n2)CC1. The van der Waals surface area contributed by atoms with Crippen molar-refractivity contribution < 1.29 is 27.6 Å². The van der Waals surface area contributed by atoms with Crippen LogP contribution < -0.4 is 10.2 Å². The Balaban J connectivity index is 1.05. The number of nitrogens with one attached hydrogen (secondary N) is 1. The number of aromatic nitrogens is 1. The Kier molecular flexibility index (Phi) is 8.64. The van der Waals surface area contributed by atoms with Crippen molar-refractivity contribution in [2.45, 2.75) is 44.0 Å². The number of anilines is 2. The van der Waals surface area contributed by atoms with Crippen LogP contribution in [0.5, 0.6) is 0 Å². The second-order valence-electron chi connectivity index (χ2n) is 10.3. The predicted molar refractivity (Wildman–Crippen MR) is 152 cm³/mol. The van der Waals surface area contributed by atoms with Gasteiger partial charge in [0.15, 0.2) is 0 Å². The van der Waals surface area contributed by atoms with Gasteiger partial charge < -0.3 is 19.9 Å². The van der Waals surface area contributed by atoms with Gasteiger partial charge in [-0.1, -0.05) is 15.9 Å². The van der Waals surface area contributed by atoms with Crippen LogP contribution in [0.25, 0.3) is 10.9 Å². The Morgan fingerprint density at radius 1 is 1.05 bits per heavy atom. The highest BCUT2D eigenvalue weighted by Gasteiger charge is 2.38. The van der Waals surface area contributed by atoms with Crippen LogP contribution in [0, 0.1) is 10.1 Å². The summed E-state index contributed by atoms with van der Waals surface area (Å²) in [5.74, 6) is 0.823. The summed E-state index contributed by atoms with van der Waals surface area (Å²) >= 11 is 3.48. The molecule has 0 spiro atoms. The number of alkyl halides is 3. The van der Waals surface area contributed by atoms with E-state index in [-0.39, 0.29) is 30.3 Å². The van der Waals surface area contributed by atoms with Crippen LogP contribution in [0.1, 0.15) is 31.2 Å². The van der Waals surface area contributed by atoms with Crippen molar-refractivity contribution in [1.82, 2.24) is 9.88 Å². The van der Waals surface area contributed by atoms with E-state index >= 15 is 0 Å². The van der Waals surface area contributed by atoms with Gasteiger partial charge in [0.05, 0.1) is 16.5 Å². The third-order valence-electron chi connectivity index (χ3n) is 7.58. The fourth-order valence-corrected chi connectivity index (χ4v) is 5.73. The molecule has 13 heteroatoms. The van der Waals surface area contributed by atoms with Gasteiger partial charge in [-0.3, -0.25) is 14.9 Å². The maximum Gasteiger partial charge on any atom is 0.423 e. The molecule has 0 atom stereocenters. The molecule has 2 aromatic carbocycles. The van der Waals surface area contributed by atoms with Gasteiger partial charge in [0.1, 0.15) is 18.0 Å². The lowest BCUT2D eigenvalue weighted by Crippen LogP contribution is -2.50. The lowest BCUT2D eigenvalue weighted by molar-refractivity contribution is -0.388. The van der Waals surface area contributed by atoms with Crippen LogP contribution >= 0.6 is 15.9 Å². The smallest absolute Gasteiger partial charge is 0.382 e. The van der Waals surface area contributed by atoms with Crippen molar-refractivity contribution in [3.8, 4) is 0 Å². The Hall–Kier alpha value is -3.45. The normalized spacial score (nSPS) is 19.8. The molecule has 1 saturated carbocycles. The maximum absolute atomic E-state index is 13.3. The standard InChI is InChI=1S/C28H29BrF3N5O4/c29-19-2-8-24-18(15-19)1-10-26(34-24)35-11-13-36(14-12-35)27(38)17-41-22-6-3-20(4-7-22)33-21-5-9-25(37(39)40)23(16-21)28(30,31)32/h1-2,5,8-10,15-16,20,22,33H,3-4,6-7,11-14,17H2. The van der Waals surface area contributed by atoms with Gasteiger partial charge in [0.2, 0.25) is 5.91 Å². The summed E-state index contributed by atoms with van der Waals surface area (Å²) in [6.45, 7) is 2.50. The zero-order valence-corrected chi connectivity index (χ0v) is 23.7. The number of nitro groups is 1. The van der Waals surface area contributed by atoms with E-state index in [9.17, 15) is 28.1 Å². The number of benzene rings is 2. The molecule has 1 N–H and O–H groups in total. The van der Waals surface area contributed by atoms with E-state index in [1.165, 1.54) is 6.07 Å². The Bertz CT molecular complexity index is 1420. The average molecular weight is 636 g/mol. The number of fused-ring (bicyclic) bond motifs is 1. The topological polar surface area (TPSA) is 101 Å². The first-order valence-corrected chi connectivity index (χ1v) is 14.2. The van der Waals surface area contributed by atoms with Gasteiger partial charge in [0.25, 0.3) is 5.69 Å². The largest absolute Gasteiger partial charge is 0.423 e. The van der Waals surface area contributed by atoms with E-state index in [1.54, 1.807) is 4.90 Å². The van der Waals surface area contributed by atoms with Gasteiger partial charge >= 0.3 is 6.18 Å². The van der Waals surface area contributed by atoms with E-state index in [1.807, 2.05) is 30.3 Å². The third-order valence-corrected chi connectivity index (χ3v) is 8.07. The van der Waals surface area contributed by atoms with Crippen molar-refractivity contribution in [1.29, 1.82) is 0 Å². The summed E-state index contributed by atoms with van der Waals surface area (Å²) in [7, 11) is 0. The second kappa shape index (κ2) is 12.2. The number of nitrogens with zero attached hydrogens (tertiary/aromatic N) is 4. The highest BCUT2D eigenvalue weighted by Crippen LogP contribution is 2.38. The van der Waals surface area contributed by atoms with E-state index in [2.05, 4.69) is 26.1 Å². The van der Waals surface area contributed by atoms with E-state index in [0.29, 0.717) is 51.9 Å². The zero-order valence-electron chi connectivity index (χ0n) is 22.1. The molecule has 2 aliphatic rings. The molecular weight excluding hydrogens is 607 g/mol. The minimum Gasteiger partial charge on any atom is -0.382 e. The molecule has 1 aromatic heterocycles. The summed E-state index contributed by atoms with van der Waals surface area (Å²) in [4.78, 5) is 31.5. The molecule has 9 nitrogen and oxygen atoms in total. The zero-order chi connectivity index (χ0) is 29.1. The number of carbonyl (C=O) groups excluding carboxylic acids is 1. The van der Waals surface area contributed by atoms with E-state index in [4.69, 9.17) is 9.72 Å². The fraction of sp³-hybridized carbons (Fsp3) is 0.429. The second-order valence-corrected chi connectivity index (χ2v) is 11.2. The molecule has 3 aromatic rings.